The Morgan fingerprint density at radius 1 is 1.39 bits per heavy atom. The minimum absolute atomic E-state index is 0.0595. The number of pyridine rings is 1. The van der Waals surface area contributed by atoms with Crippen molar-refractivity contribution in [2.75, 3.05) is 18.0 Å². The summed E-state index contributed by atoms with van der Waals surface area (Å²) >= 11 is 0. The Balaban J connectivity index is 2.36. The molecule has 0 radical (unpaired) electrons. The monoisotopic (exact) mass is 248 g/mol. The molecule has 1 aromatic rings. The molecule has 18 heavy (non-hydrogen) atoms. The fourth-order valence-electron chi connectivity index (χ4n) is 2.35. The number of ether oxygens (including phenoxy) is 1. The van der Waals surface area contributed by atoms with E-state index in [0.29, 0.717) is 5.56 Å². The molecule has 3 N–H and O–H groups in total. The van der Waals surface area contributed by atoms with E-state index in [1.807, 2.05) is 32.9 Å². The second-order valence-electron chi connectivity index (χ2n) is 4.90. The lowest BCUT2D eigenvalue weighted by Gasteiger charge is -2.37. The molecule has 1 aliphatic heterocycles. The van der Waals surface area contributed by atoms with E-state index in [1.54, 1.807) is 0 Å². The van der Waals surface area contributed by atoms with Crippen molar-refractivity contribution >= 4 is 11.7 Å². The number of hydrogen-bond acceptors (Lipinski definition) is 4. The van der Waals surface area contributed by atoms with E-state index in [0.717, 1.165) is 24.6 Å². The highest BCUT2D eigenvalue weighted by Gasteiger charge is 2.25. The number of anilines is 1. The van der Waals surface area contributed by atoms with Gasteiger partial charge in [-0.1, -0.05) is 0 Å². The van der Waals surface area contributed by atoms with Crippen LogP contribution >= 0.6 is 0 Å². The molecule has 0 unspecified atom stereocenters. The quantitative estimate of drug-likeness (QED) is 0.611. The number of amidine groups is 1. The molecule has 0 aromatic carbocycles. The van der Waals surface area contributed by atoms with Crippen molar-refractivity contribution in [1.82, 2.24) is 4.98 Å². The van der Waals surface area contributed by atoms with Crippen LogP contribution in [0.3, 0.4) is 0 Å². The average molecular weight is 248 g/mol. The van der Waals surface area contributed by atoms with E-state index in [4.69, 9.17) is 15.9 Å². The van der Waals surface area contributed by atoms with Crippen LogP contribution in [0.1, 0.15) is 25.1 Å². The molecular formula is C13H20N4O. The fraction of sp³-hybridized carbons (Fsp3) is 0.538. The molecule has 5 heteroatoms. The van der Waals surface area contributed by atoms with Gasteiger partial charge in [-0.25, -0.2) is 4.98 Å². The number of nitrogens with one attached hydrogen (secondary N) is 1. The molecular weight excluding hydrogens is 228 g/mol. The average Bonchev–Trinajstić information content (AvgIpc) is 2.27. The highest BCUT2D eigenvalue weighted by atomic mass is 16.5. The zero-order valence-corrected chi connectivity index (χ0v) is 11.1. The molecule has 0 amide bonds. The zero-order chi connectivity index (χ0) is 13.3. The van der Waals surface area contributed by atoms with Crippen molar-refractivity contribution in [2.24, 2.45) is 5.73 Å². The minimum Gasteiger partial charge on any atom is -0.384 e. The number of aromatic nitrogens is 1. The third kappa shape index (κ3) is 2.61. The topological polar surface area (TPSA) is 75.2 Å². The Labute approximate surface area is 107 Å². The maximum absolute atomic E-state index is 7.65. The molecule has 0 bridgehead atoms. The summed E-state index contributed by atoms with van der Waals surface area (Å²) in [6.45, 7) is 7.60. The van der Waals surface area contributed by atoms with E-state index in [1.165, 1.54) is 0 Å². The van der Waals surface area contributed by atoms with Gasteiger partial charge in [0.05, 0.1) is 17.8 Å². The van der Waals surface area contributed by atoms with Crippen molar-refractivity contribution < 1.29 is 4.74 Å². The highest BCUT2D eigenvalue weighted by Crippen LogP contribution is 2.22. The SMILES string of the molecule is Cc1ccc(C(=N)N)c(N2C[C@@H](C)O[C@@H](C)C2)n1. The Bertz CT molecular complexity index is 450. The molecule has 0 aliphatic carbocycles. The van der Waals surface area contributed by atoms with Crippen LogP contribution in [0, 0.1) is 12.3 Å². The van der Waals surface area contributed by atoms with Gasteiger partial charge in [0.15, 0.2) is 0 Å². The van der Waals surface area contributed by atoms with Crippen LogP contribution in [0.5, 0.6) is 0 Å². The second-order valence-corrected chi connectivity index (χ2v) is 4.90. The summed E-state index contributed by atoms with van der Waals surface area (Å²) in [7, 11) is 0. The summed E-state index contributed by atoms with van der Waals surface area (Å²) in [6.07, 6.45) is 0.326. The van der Waals surface area contributed by atoms with Gasteiger partial charge in [-0.15, -0.1) is 0 Å². The summed E-state index contributed by atoms with van der Waals surface area (Å²) in [5, 5.41) is 7.65. The first-order chi connectivity index (χ1) is 8.47. The van der Waals surface area contributed by atoms with E-state index in [2.05, 4.69) is 9.88 Å². The van der Waals surface area contributed by atoms with Crippen LogP contribution in [-0.2, 0) is 4.74 Å². The summed E-state index contributed by atoms with van der Waals surface area (Å²) in [4.78, 5) is 6.69. The predicted octanol–water partition coefficient (Wildman–Crippen LogP) is 1.29. The Kier molecular flexibility index (Phi) is 3.52. The van der Waals surface area contributed by atoms with Gasteiger partial charge in [0.25, 0.3) is 0 Å². The van der Waals surface area contributed by atoms with Crippen LogP contribution in [0.25, 0.3) is 0 Å². The molecule has 98 valence electrons. The van der Waals surface area contributed by atoms with Gasteiger partial charge in [0.2, 0.25) is 0 Å². The van der Waals surface area contributed by atoms with Crippen LogP contribution < -0.4 is 10.6 Å². The van der Waals surface area contributed by atoms with E-state index in [9.17, 15) is 0 Å². The Hall–Kier alpha value is -1.62. The molecule has 1 aliphatic rings. The van der Waals surface area contributed by atoms with E-state index < -0.39 is 0 Å². The van der Waals surface area contributed by atoms with Crippen molar-refractivity contribution in [3.05, 3.63) is 23.4 Å². The summed E-state index contributed by atoms with van der Waals surface area (Å²) in [5.74, 6) is 0.855. The van der Waals surface area contributed by atoms with Crippen LogP contribution in [0.2, 0.25) is 0 Å². The molecule has 1 fully saturated rings. The third-order valence-electron chi connectivity index (χ3n) is 3.02. The van der Waals surface area contributed by atoms with Gasteiger partial charge in [-0.05, 0) is 32.9 Å². The summed E-state index contributed by atoms with van der Waals surface area (Å²) in [5.41, 5.74) is 7.25. The van der Waals surface area contributed by atoms with Gasteiger partial charge in [-0.3, -0.25) is 5.41 Å². The zero-order valence-electron chi connectivity index (χ0n) is 11.1. The van der Waals surface area contributed by atoms with Gasteiger partial charge >= 0.3 is 0 Å². The van der Waals surface area contributed by atoms with Gasteiger partial charge in [0, 0.05) is 18.8 Å². The molecule has 5 nitrogen and oxygen atoms in total. The number of aryl methyl sites for hydroxylation is 1. The predicted molar refractivity (Wildman–Crippen MR) is 72.2 cm³/mol. The summed E-state index contributed by atoms with van der Waals surface area (Å²) in [6, 6.07) is 3.75. The number of nitrogens with zero attached hydrogens (tertiary/aromatic N) is 2. The molecule has 0 saturated carbocycles. The first kappa shape index (κ1) is 12.8. The lowest BCUT2D eigenvalue weighted by molar-refractivity contribution is -0.00547. The van der Waals surface area contributed by atoms with Crippen LogP contribution in [0.4, 0.5) is 5.82 Å². The van der Waals surface area contributed by atoms with E-state index in [-0.39, 0.29) is 18.0 Å². The minimum atomic E-state index is 0.0595. The summed E-state index contributed by atoms with van der Waals surface area (Å²) < 4.78 is 5.71. The number of rotatable bonds is 2. The molecule has 1 saturated heterocycles. The molecule has 0 spiro atoms. The van der Waals surface area contributed by atoms with Crippen molar-refractivity contribution in [1.29, 1.82) is 5.41 Å². The molecule has 2 atom stereocenters. The van der Waals surface area contributed by atoms with Gasteiger partial charge in [-0.2, -0.15) is 0 Å². The maximum Gasteiger partial charge on any atom is 0.140 e. The third-order valence-corrected chi connectivity index (χ3v) is 3.02. The molecule has 1 aromatic heterocycles. The van der Waals surface area contributed by atoms with Crippen molar-refractivity contribution in [3.8, 4) is 0 Å². The number of hydrogen-bond donors (Lipinski definition) is 2. The number of nitrogens with two attached hydrogens (primary N) is 1. The first-order valence-electron chi connectivity index (χ1n) is 6.20. The highest BCUT2D eigenvalue weighted by molar-refractivity contribution is 5.99. The lowest BCUT2D eigenvalue weighted by Crippen LogP contribution is -2.46. The maximum atomic E-state index is 7.65. The molecule has 2 rings (SSSR count). The largest absolute Gasteiger partial charge is 0.384 e. The van der Waals surface area contributed by atoms with Crippen molar-refractivity contribution in [2.45, 2.75) is 33.0 Å². The Morgan fingerprint density at radius 2 is 2.00 bits per heavy atom. The van der Waals surface area contributed by atoms with Crippen molar-refractivity contribution in [3.63, 3.8) is 0 Å². The number of nitrogen functional groups attached to an aromatic ring is 1. The van der Waals surface area contributed by atoms with E-state index >= 15 is 0 Å². The van der Waals surface area contributed by atoms with Crippen LogP contribution in [-0.4, -0.2) is 36.1 Å². The second kappa shape index (κ2) is 4.94. The van der Waals surface area contributed by atoms with Crippen LogP contribution in [0.15, 0.2) is 12.1 Å². The van der Waals surface area contributed by atoms with Gasteiger partial charge in [0.1, 0.15) is 11.7 Å². The first-order valence-corrected chi connectivity index (χ1v) is 6.20. The Morgan fingerprint density at radius 3 is 2.56 bits per heavy atom. The lowest BCUT2D eigenvalue weighted by atomic mass is 10.1. The van der Waals surface area contributed by atoms with Gasteiger partial charge < -0.3 is 15.4 Å². The fourth-order valence-corrected chi connectivity index (χ4v) is 2.35. The number of morpholine rings is 1. The smallest absolute Gasteiger partial charge is 0.140 e. The normalized spacial score (nSPS) is 24.1. The molecule has 2 heterocycles. The standard InChI is InChI=1S/C13H20N4O/c1-8-4-5-11(12(14)15)13(16-8)17-6-9(2)18-10(3)7-17/h4-5,9-10H,6-7H2,1-3H3,(H3,14,15)/t9-,10+.